The van der Waals surface area contributed by atoms with Crippen molar-refractivity contribution in [2.45, 2.75) is 5.03 Å². The predicted molar refractivity (Wildman–Crippen MR) is 79.1 cm³/mol. The first-order valence-corrected chi connectivity index (χ1v) is 7.13. The highest BCUT2D eigenvalue weighted by atomic mass is 32.2. The molecule has 0 aliphatic carbocycles. The number of carbonyl (C=O) groups is 1. The maximum Gasteiger partial charge on any atom is 0.230 e. The van der Waals surface area contributed by atoms with E-state index in [-0.39, 0.29) is 17.5 Å². The van der Waals surface area contributed by atoms with Crippen LogP contribution in [0.15, 0.2) is 41.4 Å². The van der Waals surface area contributed by atoms with E-state index in [1.807, 2.05) is 6.07 Å². The van der Waals surface area contributed by atoms with Gasteiger partial charge in [-0.1, -0.05) is 23.9 Å². The Kier molecular flexibility index (Phi) is 4.90. The minimum absolute atomic E-state index is 0.151. The number of benzene rings is 1. The summed E-state index contributed by atoms with van der Waals surface area (Å²) in [5, 5.41) is 12.0. The molecular formula is C15H12FN3OS. The van der Waals surface area contributed by atoms with Gasteiger partial charge in [-0.2, -0.15) is 5.26 Å². The van der Waals surface area contributed by atoms with Gasteiger partial charge < -0.3 is 5.32 Å². The Hall–Kier alpha value is -2.39. The molecule has 1 heterocycles. The number of aromatic nitrogens is 1. The minimum atomic E-state index is -0.349. The van der Waals surface area contributed by atoms with E-state index >= 15 is 0 Å². The lowest BCUT2D eigenvalue weighted by molar-refractivity contribution is -0.118. The molecule has 106 valence electrons. The van der Waals surface area contributed by atoms with Crippen LogP contribution >= 0.6 is 11.8 Å². The predicted octanol–water partition coefficient (Wildman–Crippen LogP) is 2.60. The molecule has 1 N–H and O–H groups in total. The van der Waals surface area contributed by atoms with Crippen LogP contribution in [0.5, 0.6) is 0 Å². The van der Waals surface area contributed by atoms with Crippen molar-refractivity contribution in [3.05, 3.63) is 47.8 Å². The van der Waals surface area contributed by atoms with Crippen molar-refractivity contribution in [1.82, 2.24) is 10.3 Å². The van der Waals surface area contributed by atoms with E-state index in [9.17, 15) is 9.18 Å². The maximum absolute atomic E-state index is 13.3. The molecule has 0 spiro atoms. The Morgan fingerprint density at radius 2 is 2.24 bits per heavy atom. The summed E-state index contributed by atoms with van der Waals surface area (Å²) in [6.07, 6.45) is 0. The van der Waals surface area contributed by atoms with Gasteiger partial charge in [0.2, 0.25) is 5.91 Å². The van der Waals surface area contributed by atoms with E-state index in [1.54, 1.807) is 31.3 Å². The van der Waals surface area contributed by atoms with Gasteiger partial charge in [0.05, 0.1) is 17.0 Å². The van der Waals surface area contributed by atoms with Crippen LogP contribution in [0.4, 0.5) is 4.39 Å². The Bertz CT molecular complexity index is 712. The third kappa shape index (κ3) is 3.80. The first kappa shape index (κ1) is 15.0. The molecule has 0 radical (unpaired) electrons. The standard InChI is InChI=1S/C15H12FN3OS/c1-18-14(20)9-21-15-11(8-17)5-6-13(19-15)10-3-2-4-12(16)7-10/h2-7H,9H2,1H3,(H,18,20). The summed E-state index contributed by atoms with van der Waals surface area (Å²) in [4.78, 5) is 15.6. The number of hydrogen-bond donors (Lipinski definition) is 1. The number of amides is 1. The van der Waals surface area contributed by atoms with Crippen LogP contribution in [0.25, 0.3) is 11.3 Å². The van der Waals surface area contributed by atoms with Gasteiger partial charge in [-0.3, -0.25) is 4.79 Å². The molecule has 2 aromatic rings. The molecule has 0 atom stereocenters. The molecule has 21 heavy (non-hydrogen) atoms. The van der Waals surface area contributed by atoms with Gasteiger partial charge in [0.15, 0.2) is 0 Å². The van der Waals surface area contributed by atoms with Crippen LogP contribution in [0.1, 0.15) is 5.56 Å². The lowest BCUT2D eigenvalue weighted by Crippen LogP contribution is -2.19. The first-order valence-electron chi connectivity index (χ1n) is 6.14. The molecule has 0 fully saturated rings. The zero-order valence-corrected chi connectivity index (χ0v) is 12.1. The number of hydrogen-bond acceptors (Lipinski definition) is 4. The van der Waals surface area contributed by atoms with Gasteiger partial charge >= 0.3 is 0 Å². The van der Waals surface area contributed by atoms with Crippen LogP contribution in [-0.4, -0.2) is 23.7 Å². The molecule has 1 aromatic carbocycles. The summed E-state index contributed by atoms with van der Waals surface area (Å²) in [7, 11) is 1.55. The molecule has 4 nitrogen and oxygen atoms in total. The van der Waals surface area contributed by atoms with E-state index in [4.69, 9.17) is 5.26 Å². The van der Waals surface area contributed by atoms with Gasteiger partial charge in [0.1, 0.15) is 16.9 Å². The lowest BCUT2D eigenvalue weighted by Gasteiger charge is -2.06. The molecule has 0 saturated heterocycles. The molecule has 1 aromatic heterocycles. The summed E-state index contributed by atoms with van der Waals surface area (Å²) in [6, 6.07) is 11.4. The normalized spacial score (nSPS) is 9.95. The number of rotatable bonds is 4. The number of nitriles is 1. The Labute approximate surface area is 126 Å². The van der Waals surface area contributed by atoms with Crippen molar-refractivity contribution in [1.29, 1.82) is 5.26 Å². The highest BCUT2D eigenvalue weighted by molar-refractivity contribution is 8.00. The number of halogens is 1. The summed E-state index contributed by atoms with van der Waals surface area (Å²) in [5.74, 6) is -0.329. The van der Waals surface area contributed by atoms with Crippen molar-refractivity contribution in [3.63, 3.8) is 0 Å². The van der Waals surface area contributed by atoms with E-state index in [1.165, 1.54) is 23.9 Å². The molecule has 1 amide bonds. The molecule has 6 heteroatoms. The molecule has 0 aliphatic heterocycles. The third-order valence-electron chi connectivity index (χ3n) is 2.72. The zero-order valence-electron chi connectivity index (χ0n) is 11.3. The fourth-order valence-corrected chi connectivity index (χ4v) is 2.49. The largest absolute Gasteiger partial charge is 0.358 e. The van der Waals surface area contributed by atoms with Gasteiger partial charge in [0, 0.05) is 12.6 Å². The molecule has 0 bridgehead atoms. The Morgan fingerprint density at radius 1 is 1.43 bits per heavy atom. The fraction of sp³-hybridized carbons (Fsp3) is 0.133. The van der Waals surface area contributed by atoms with Crippen LogP contribution in [0.3, 0.4) is 0 Å². The Balaban J connectivity index is 2.33. The Morgan fingerprint density at radius 3 is 2.90 bits per heavy atom. The third-order valence-corrected chi connectivity index (χ3v) is 3.71. The second-order valence-electron chi connectivity index (χ2n) is 4.13. The van der Waals surface area contributed by atoms with Crippen molar-refractivity contribution < 1.29 is 9.18 Å². The summed E-state index contributed by atoms with van der Waals surface area (Å²) >= 11 is 1.18. The number of thioether (sulfide) groups is 1. The summed E-state index contributed by atoms with van der Waals surface area (Å²) in [5.41, 5.74) is 1.58. The average Bonchev–Trinajstić information content (AvgIpc) is 2.52. The molecule has 0 saturated carbocycles. The second kappa shape index (κ2) is 6.86. The fourth-order valence-electron chi connectivity index (χ4n) is 1.65. The average molecular weight is 301 g/mol. The molecule has 0 unspecified atom stereocenters. The van der Waals surface area contributed by atoms with E-state index in [0.717, 1.165) is 0 Å². The maximum atomic E-state index is 13.3. The monoisotopic (exact) mass is 301 g/mol. The lowest BCUT2D eigenvalue weighted by atomic mass is 10.1. The minimum Gasteiger partial charge on any atom is -0.358 e. The van der Waals surface area contributed by atoms with Crippen molar-refractivity contribution in [3.8, 4) is 17.3 Å². The molecular weight excluding hydrogens is 289 g/mol. The van der Waals surface area contributed by atoms with E-state index in [2.05, 4.69) is 10.3 Å². The van der Waals surface area contributed by atoms with Crippen molar-refractivity contribution >= 4 is 17.7 Å². The number of carbonyl (C=O) groups excluding carboxylic acids is 1. The second-order valence-corrected chi connectivity index (χ2v) is 5.10. The van der Waals surface area contributed by atoms with Crippen LogP contribution < -0.4 is 5.32 Å². The quantitative estimate of drug-likeness (QED) is 0.882. The van der Waals surface area contributed by atoms with Crippen molar-refractivity contribution in [2.24, 2.45) is 0 Å². The molecule has 0 aliphatic rings. The molecule has 2 rings (SSSR count). The number of pyridine rings is 1. The highest BCUT2D eigenvalue weighted by Crippen LogP contribution is 2.25. The van der Waals surface area contributed by atoms with E-state index in [0.29, 0.717) is 21.8 Å². The summed E-state index contributed by atoms with van der Waals surface area (Å²) in [6.45, 7) is 0. The van der Waals surface area contributed by atoms with Gasteiger partial charge in [0.25, 0.3) is 0 Å². The SMILES string of the molecule is CNC(=O)CSc1nc(-c2cccc(F)c2)ccc1C#N. The van der Waals surface area contributed by atoms with Crippen LogP contribution in [-0.2, 0) is 4.79 Å². The number of nitrogens with zero attached hydrogens (tertiary/aromatic N) is 2. The van der Waals surface area contributed by atoms with Gasteiger partial charge in [-0.15, -0.1) is 0 Å². The van der Waals surface area contributed by atoms with Gasteiger partial charge in [-0.05, 0) is 24.3 Å². The zero-order chi connectivity index (χ0) is 15.2. The topological polar surface area (TPSA) is 65.8 Å². The number of nitrogens with one attached hydrogen (secondary N) is 1. The van der Waals surface area contributed by atoms with Crippen molar-refractivity contribution in [2.75, 3.05) is 12.8 Å². The summed E-state index contributed by atoms with van der Waals surface area (Å²) < 4.78 is 13.3. The first-order chi connectivity index (χ1) is 10.1. The van der Waals surface area contributed by atoms with E-state index < -0.39 is 0 Å². The van der Waals surface area contributed by atoms with Crippen LogP contribution in [0, 0.1) is 17.1 Å². The van der Waals surface area contributed by atoms with Crippen LogP contribution in [0.2, 0.25) is 0 Å². The smallest absolute Gasteiger partial charge is 0.230 e. The van der Waals surface area contributed by atoms with Gasteiger partial charge in [-0.25, -0.2) is 9.37 Å². The highest BCUT2D eigenvalue weighted by Gasteiger charge is 2.10.